The van der Waals surface area contributed by atoms with Gasteiger partial charge in [-0.05, 0) is 36.7 Å². The summed E-state index contributed by atoms with van der Waals surface area (Å²) in [6.45, 7) is 9.07. The number of carbonyl (C=O) groups excluding carboxylic acids is 1. The average Bonchev–Trinajstić information content (AvgIpc) is 3.20. The van der Waals surface area contributed by atoms with Gasteiger partial charge in [-0.2, -0.15) is 5.10 Å². The molecule has 0 radical (unpaired) electrons. The topological polar surface area (TPSA) is 50.6 Å². The second kappa shape index (κ2) is 10.6. The highest BCUT2D eigenvalue weighted by molar-refractivity contribution is 5.94. The Morgan fingerprint density at radius 1 is 1.14 bits per heavy atom. The van der Waals surface area contributed by atoms with Crippen LogP contribution in [0, 0.1) is 17.6 Å². The first kappa shape index (κ1) is 24.9. The first-order valence-corrected chi connectivity index (χ1v) is 12.0. The first-order valence-electron chi connectivity index (χ1n) is 12.0. The number of hydrogen-bond donors (Lipinski definition) is 0. The molecule has 0 spiro atoms. The predicted molar refractivity (Wildman–Crippen MR) is 131 cm³/mol. The number of methoxy groups -OCH3 is 1. The van der Waals surface area contributed by atoms with Gasteiger partial charge in [-0.25, -0.2) is 13.5 Å². The van der Waals surface area contributed by atoms with Crippen molar-refractivity contribution in [2.24, 2.45) is 5.92 Å². The number of hydrogen-bond acceptors (Lipinski definition) is 4. The highest BCUT2D eigenvalue weighted by atomic mass is 19.1. The van der Waals surface area contributed by atoms with E-state index in [4.69, 9.17) is 9.84 Å². The quantitative estimate of drug-likeness (QED) is 0.461. The van der Waals surface area contributed by atoms with E-state index in [0.29, 0.717) is 18.8 Å². The predicted octanol–water partition coefficient (Wildman–Crippen LogP) is 4.84. The van der Waals surface area contributed by atoms with Gasteiger partial charge in [0.1, 0.15) is 28.6 Å². The van der Waals surface area contributed by atoms with Crippen LogP contribution in [0.1, 0.15) is 48.1 Å². The Kier molecular flexibility index (Phi) is 7.50. The summed E-state index contributed by atoms with van der Waals surface area (Å²) >= 11 is 0. The van der Waals surface area contributed by atoms with Crippen LogP contribution >= 0.6 is 0 Å². The maximum atomic E-state index is 14.5. The summed E-state index contributed by atoms with van der Waals surface area (Å²) in [6, 6.07) is 11.2. The van der Waals surface area contributed by atoms with Crippen LogP contribution in [0.4, 0.5) is 8.78 Å². The van der Waals surface area contributed by atoms with Crippen LogP contribution in [0.3, 0.4) is 0 Å². The second-order valence-corrected chi connectivity index (χ2v) is 9.25. The van der Waals surface area contributed by atoms with Crippen LogP contribution in [-0.4, -0.2) is 52.2 Å². The number of amides is 1. The number of halogens is 2. The molecule has 1 amide bonds. The standard InChI is InChI=1S/C27H32F2N4O2/c1-5-31-14-13-23-19(16-31)22(30-33(23)24-11-6-7-12-25(24)35-4)17-32(15-18(2)3)27(34)26-20(28)9-8-10-21(26)29/h6-12,18H,5,13-17H2,1-4H3. The van der Waals surface area contributed by atoms with Gasteiger partial charge < -0.3 is 9.64 Å². The molecule has 0 fully saturated rings. The molecule has 186 valence electrons. The highest BCUT2D eigenvalue weighted by Gasteiger charge is 2.30. The molecule has 0 unspecified atom stereocenters. The lowest BCUT2D eigenvalue weighted by atomic mass is 10.0. The molecule has 0 bridgehead atoms. The fourth-order valence-corrected chi connectivity index (χ4v) is 4.64. The Morgan fingerprint density at radius 2 is 1.86 bits per heavy atom. The molecule has 2 heterocycles. The molecule has 0 N–H and O–H groups in total. The summed E-state index contributed by atoms with van der Waals surface area (Å²) in [6.07, 6.45) is 0.800. The summed E-state index contributed by atoms with van der Waals surface area (Å²) in [7, 11) is 1.63. The minimum atomic E-state index is -0.859. The average molecular weight is 483 g/mol. The maximum Gasteiger partial charge on any atom is 0.260 e. The van der Waals surface area contributed by atoms with Gasteiger partial charge in [-0.15, -0.1) is 0 Å². The zero-order valence-corrected chi connectivity index (χ0v) is 20.7. The minimum Gasteiger partial charge on any atom is -0.494 e. The summed E-state index contributed by atoms with van der Waals surface area (Å²) in [5.74, 6) is -1.58. The number of likely N-dealkylation sites (N-methyl/N-ethyl adjacent to an activating group) is 1. The molecule has 3 aromatic rings. The van der Waals surface area contributed by atoms with E-state index < -0.39 is 23.1 Å². The van der Waals surface area contributed by atoms with Gasteiger partial charge in [0.05, 0.1) is 25.0 Å². The first-order chi connectivity index (χ1) is 16.8. The number of nitrogens with zero attached hydrogens (tertiary/aromatic N) is 4. The summed E-state index contributed by atoms with van der Waals surface area (Å²) < 4.78 is 36.5. The van der Waals surface area contributed by atoms with E-state index in [0.717, 1.165) is 54.3 Å². The smallest absolute Gasteiger partial charge is 0.260 e. The Bertz CT molecular complexity index is 1190. The third-order valence-corrected chi connectivity index (χ3v) is 6.37. The lowest BCUT2D eigenvalue weighted by molar-refractivity contribution is 0.0709. The second-order valence-electron chi connectivity index (χ2n) is 9.25. The normalized spacial score (nSPS) is 13.7. The van der Waals surface area contributed by atoms with E-state index in [-0.39, 0.29) is 12.5 Å². The Balaban J connectivity index is 1.78. The molecule has 4 rings (SSSR count). The van der Waals surface area contributed by atoms with E-state index in [2.05, 4.69) is 11.8 Å². The molecule has 0 saturated carbocycles. The number of para-hydroxylation sites is 2. The molecule has 8 heteroatoms. The van der Waals surface area contributed by atoms with Crippen LogP contribution in [0.5, 0.6) is 5.75 Å². The van der Waals surface area contributed by atoms with E-state index in [9.17, 15) is 13.6 Å². The van der Waals surface area contributed by atoms with Crippen molar-refractivity contribution in [1.29, 1.82) is 0 Å². The fraction of sp³-hybridized carbons (Fsp3) is 0.407. The highest BCUT2D eigenvalue weighted by Crippen LogP contribution is 2.30. The van der Waals surface area contributed by atoms with E-state index in [1.165, 1.54) is 11.0 Å². The minimum absolute atomic E-state index is 0.105. The lowest BCUT2D eigenvalue weighted by Gasteiger charge is -2.28. The van der Waals surface area contributed by atoms with Crippen molar-refractivity contribution in [2.75, 3.05) is 26.7 Å². The van der Waals surface area contributed by atoms with Crippen molar-refractivity contribution in [3.8, 4) is 11.4 Å². The van der Waals surface area contributed by atoms with Gasteiger partial charge in [0, 0.05) is 31.6 Å². The van der Waals surface area contributed by atoms with Crippen LogP contribution < -0.4 is 4.74 Å². The largest absolute Gasteiger partial charge is 0.494 e. The third-order valence-electron chi connectivity index (χ3n) is 6.37. The SMILES string of the molecule is CCN1CCc2c(c(CN(CC(C)C)C(=O)c3c(F)cccc3F)nn2-c2ccccc2OC)C1. The van der Waals surface area contributed by atoms with Crippen molar-refractivity contribution < 1.29 is 18.3 Å². The molecule has 1 aliphatic rings. The Morgan fingerprint density at radius 3 is 2.51 bits per heavy atom. The van der Waals surface area contributed by atoms with Crippen LogP contribution in [0.2, 0.25) is 0 Å². The number of carbonyl (C=O) groups is 1. The van der Waals surface area contributed by atoms with E-state index in [1.54, 1.807) is 7.11 Å². The zero-order chi connectivity index (χ0) is 25.1. The summed E-state index contributed by atoms with van der Waals surface area (Å²) in [4.78, 5) is 17.2. The third kappa shape index (κ3) is 5.07. The fourth-order valence-electron chi connectivity index (χ4n) is 4.64. The molecule has 1 aromatic heterocycles. The number of benzene rings is 2. The van der Waals surface area contributed by atoms with Crippen molar-refractivity contribution in [3.63, 3.8) is 0 Å². The molecule has 6 nitrogen and oxygen atoms in total. The molecular formula is C27H32F2N4O2. The summed E-state index contributed by atoms with van der Waals surface area (Å²) in [5, 5.41) is 4.94. The van der Waals surface area contributed by atoms with Gasteiger partial charge in [0.15, 0.2) is 0 Å². The van der Waals surface area contributed by atoms with Gasteiger partial charge in [0.25, 0.3) is 5.91 Å². The van der Waals surface area contributed by atoms with Gasteiger partial charge in [-0.1, -0.05) is 39.0 Å². The number of rotatable bonds is 8. The van der Waals surface area contributed by atoms with Gasteiger partial charge >= 0.3 is 0 Å². The number of ether oxygens (including phenoxy) is 1. The van der Waals surface area contributed by atoms with E-state index in [1.807, 2.05) is 42.8 Å². The van der Waals surface area contributed by atoms with Gasteiger partial charge in [-0.3, -0.25) is 9.69 Å². The molecule has 2 aromatic carbocycles. The van der Waals surface area contributed by atoms with Crippen molar-refractivity contribution in [3.05, 3.63) is 76.6 Å². The van der Waals surface area contributed by atoms with Crippen molar-refractivity contribution in [1.82, 2.24) is 19.6 Å². The Labute approximate surface area is 205 Å². The molecular weight excluding hydrogens is 450 g/mol. The van der Waals surface area contributed by atoms with Crippen LogP contribution in [0.15, 0.2) is 42.5 Å². The van der Waals surface area contributed by atoms with Crippen molar-refractivity contribution >= 4 is 5.91 Å². The maximum absolute atomic E-state index is 14.5. The van der Waals surface area contributed by atoms with E-state index >= 15 is 0 Å². The number of fused-ring (bicyclic) bond motifs is 1. The van der Waals surface area contributed by atoms with Gasteiger partial charge in [0.2, 0.25) is 0 Å². The monoisotopic (exact) mass is 482 g/mol. The molecule has 0 aliphatic carbocycles. The lowest BCUT2D eigenvalue weighted by Crippen LogP contribution is -2.36. The Hall–Kier alpha value is -3.26. The van der Waals surface area contributed by atoms with Crippen LogP contribution in [0.25, 0.3) is 5.69 Å². The van der Waals surface area contributed by atoms with Crippen molar-refractivity contribution in [2.45, 2.75) is 40.3 Å². The molecule has 35 heavy (non-hydrogen) atoms. The number of aromatic nitrogens is 2. The zero-order valence-electron chi connectivity index (χ0n) is 20.7. The molecule has 1 aliphatic heterocycles. The molecule has 0 saturated heterocycles. The van der Waals surface area contributed by atoms with Crippen LogP contribution in [-0.2, 0) is 19.5 Å². The molecule has 0 atom stereocenters. The summed E-state index contributed by atoms with van der Waals surface area (Å²) in [5.41, 5.74) is 3.16.